The normalized spacial score (nSPS) is 10.5. The van der Waals surface area contributed by atoms with Crippen molar-refractivity contribution in [1.82, 2.24) is 14.6 Å². The van der Waals surface area contributed by atoms with Crippen LogP contribution in [0.1, 0.15) is 10.4 Å². The molecular weight excluding hydrogens is 292 g/mol. The zero-order valence-corrected chi connectivity index (χ0v) is 11.8. The molecule has 3 rings (SSSR count). The Hall–Kier alpha value is -2.74. The molecule has 2 heterocycles. The molecule has 0 spiro atoms. The minimum Gasteiger partial charge on any atom is -0.497 e. The lowest BCUT2D eigenvalue weighted by Crippen LogP contribution is -2.23. The molecule has 0 bridgehead atoms. The summed E-state index contributed by atoms with van der Waals surface area (Å²) >= 11 is 1.24. The van der Waals surface area contributed by atoms with Gasteiger partial charge in [-0.1, -0.05) is 11.3 Å². The van der Waals surface area contributed by atoms with Gasteiger partial charge in [0, 0.05) is 5.56 Å². The average Bonchev–Trinajstić information content (AvgIpc) is 2.99. The number of hydrogen-bond donors (Lipinski definition) is 1. The number of aromatic nitrogens is 3. The maximum atomic E-state index is 12.1. The summed E-state index contributed by atoms with van der Waals surface area (Å²) in [5.41, 5.74) is 1.60. The predicted molar refractivity (Wildman–Crippen MR) is 78.1 cm³/mol. The number of rotatable bonds is 3. The highest BCUT2D eigenvalue weighted by Gasteiger charge is 2.11. The minimum absolute atomic E-state index is 0.0826. The van der Waals surface area contributed by atoms with Crippen LogP contribution in [-0.4, -0.2) is 27.6 Å². The van der Waals surface area contributed by atoms with Gasteiger partial charge in [-0.25, -0.2) is 4.98 Å². The molecule has 7 nitrogen and oxygen atoms in total. The number of carbonyl (C=O) groups excluding carboxylic acids is 1. The molecular formula is C13H10N4O3S. The summed E-state index contributed by atoms with van der Waals surface area (Å²) in [7, 11) is 1.55. The second-order valence-corrected chi connectivity index (χ2v) is 4.90. The van der Waals surface area contributed by atoms with Crippen LogP contribution in [0.4, 0.5) is 5.69 Å². The van der Waals surface area contributed by atoms with Gasteiger partial charge in [0.05, 0.1) is 13.3 Å². The van der Waals surface area contributed by atoms with E-state index in [1.54, 1.807) is 31.4 Å². The van der Waals surface area contributed by atoms with Crippen molar-refractivity contribution in [2.24, 2.45) is 0 Å². The number of fused-ring (bicyclic) bond motifs is 1. The van der Waals surface area contributed by atoms with Crippen LogP contribution in [0.15, 0.2) is 40.8 Å². The highest BCUT2D eigenvalue weighted by molar-refractivity contribution is 7.14. The maximum Gasteiger partial charge on any atom is 0.298 e. The first kappa shape index (κ1) is 13.3. The molecule has 21 heavy (non-hydrogen) atoms. The number of nitrogens with zero attached hydrogens (tertiary/aromatic N) is 3. The third-order valence-corrected chi connectivity index (χ3v) is 3.52. The van der Waals surface area contributed by atoms with Crippen molar-refractivity contribution in [2.45, 2.75) is 0 Å². The van der Waals surface area contributed by atoms with Crippen molar-refractivity contribution >= 4 is 27.9 Å². The van der Waals surface area contributed by atoms with Gasteiger partial charge in [-0.3, -0.25) is 9.59 Å². The number of anilines is 1. The molecule has 0 unspecified atom stereocenters. The van der Waals surface area contributed by atoms with E-state index >= 15 is 0 Å². The van der Waals surface area contributed by atoms with E-state index in [4.69, 9.17) is 4.74 Å². The zero-order valence-electron chi connectivity index (χ0n) is 10.9. The van der Waals surface area contributed by atoms with E-state index in [9.17, 15) is 9.59 Å². The van der Waals surface area contributed by atoms with E-state index in [0.29, 0.717) is 16.3 Å². The predicted octanol–water partition coefficient (Wildman–Crippen LogP) is 1.41. The molecule has 0 atom stereocenters. The smallest absolute Gasteiger partial charge is 0.298 e. The van der Waals surface area contributed by atoms with Gasteiger partial charge in [0.25, 0.3) is 11.5 Å². The Labute approximate surface area is 122 Å². The van der Waals surface area contributed by atoms with Crippen molar-refractivity contribution in [2.75, 3.05) is 12.4 Å². The number of methoxy groups -OCH3 is 1. The largest absolute Gasteiger partial charge is 0.497 e. The lowest BCUT2D eigenvalue weighted by atomic mass is 10.2. The molecule has 106 valence electrons. The molecule has 0 aliphatic rings. The fraction of sp³-hybridized carbons (Fsp3) is 0.0769. The highest BCUT2D eigenvalue weighted by Crippen LogP contribution is 2.12. The van der Waals surface area contributed by atoms with E-state index in [1.807, 2.05) is 0 Å². The Morgan fingerprint density at radius 3 is 2.81 bits per heavy atom. The molecule has 2 aromatic heterocycles. The summed E-state index contributed by atoms with van der Waals surface area (Å²) in [5, 5.41) is 6.41. The number of benzene rings is 1. The molecule has 1 aromatic carbocycles. The Bertz CT molecular complexity index is 854. The third-order valence-electron chi connectivity index (χ3n) is 2.83. The van der Waals surface area contributed by atoms with E-state index in [0.717, 1.165) is 4.52 Å². The fourth-order valence-electron chi connectivity index (χ4n) is 1.75. The Morgan fingerprint density at radius 1 is 1.33 bits per heavy atom. The first-order valence-electron chi connectivity index (χ1n) is 5.96. The van der Waals surface area contributed by atoms with Crippen LogP contribution in [0.5, 0.6) is 5.75 Å². The van der Waals surface area contributed by atoms with E-state index in [1.165, 1.54) is 23.0 Å². The van der Waals surface area contributed by atoms with Crippen molar-refractivity contribution in [1.29, 1.82) is 0 Å². The van der Waals surface area contributed by atoms with Crippen molar-refractivity contribution in [3.8, 4) is 5.75 Å². The van der Waals surface area contributed by atoms with Crippen molar-refractivity contribution in [3.63, 3.8) is 0 Å². The Balaban J connectivity index is 1.88. The number of amides is 1. The Kier molecular flexibility index (Phi) is 3.36. The average molecular weight is 302 g/mol. The zero-order chi connectivity index (χ0) is 14.8. The van der Waals surface area contributed by atoms with Gasteiger partial charge in [0.1, 0.15) is 16.9 Å². The molecule has 8 heteroatoms. The summed E-state index contributed by atoms with van der Waals surface area (Å²) in [6, 6.07) is 6.56. The van der Waals surface area contributed by atoms with Crippen LogP contribution >= 0.6 is 11.3 Å². The first-order valence-corrected chi connectivity index (χ1v) is 6.84. The number of ether oxygens (including phenoxy) is 1. The molecule has 3 aromatic rings. The van der Waals surface area contributed by atoms with Crippen LogP contribution in [0.2, 0.25) is 0 Å². The monoisotopic (exact) mass is 302 g/mol. The summed E-state index contributed by atoms with van der Waals surface area (Å²) in [6.07, 6.45) is 1.33. The fourth-order valence-corrected chi connectivity index (χ4v) is 2.33. The van der Waals surface area contributed by atoms with E-state index in [-0.39, 0.29) is 5.69 Å². The first-order chi connectivity index (χ1) is 10.2. The van der Waals surface area contributed by atoms with Gasteiger partial charge in [-0.15, -0.1) is 0 Å². The molecule has 0 fully saturated rings. The van der Waals surface area contributed by atoms with Gasteiger partial charge in [-0.2, -0.15) is 9.61 Å². The van der Waals surface area contributed by atoms with E-state index in [2.05, 4.69) is 15.4 Å². The third kappa shape index (κ3) is 2.48. The van der Waals surface area contributed by atoms with Crippen molar-refractivity contribution in [3.05, 3.63) is 51.9 Å². The van der Waals surface area contributed by atoms with Crippen LogP contribution in [-0.2, 0) is 0 Å². The standard InChI is InChI=1S/C13H10N4O3S/c1-20-9-4-2-8(3-5-9)11(18)16-10-6-14-13-17(12(10)19)15-7-21-13/h2-7H,1H3,(H,16,18). The quantitative estimate of drug-likeness (QED) is 0.790. The van der Waals surface area contributed by atoms with Gasteiger partial charge in [0.2, 0.25) is 4.96 Å². The molecule has 0 aliphatic heterocycles. The van der Waals surface area contributed by atoms with Crippen LogP contribution in [0.25, 0.3) is 4.96 Å². The van der Waals surface area contributed by atoms with Gasteiger partial charge >= 0.3 is 0 Å². The minimum atomic E-state index is -0.414. The van der Waals surface area contributed by atoms with Crippen LogP contribution < -0.4 is 15.6 Å². The summed E-state index contributed by atoms with van der Waals surface area (Å²) in [6.45, 7) is 0. The maximum absolute atomic E-state index is 12.1. The molecule has 1 N–H and O–H groups in total. The lowest BCUT2D eigenvalue weighted by Gasteiger charge is -2.05. The van der Waals surface area contributed by atoms with Gasteiger partial charge < -0.3 is 10.1 Å². The second-order valence-electron chi connectivity index (χ2n) is 4.09. The van der Waals surface area contributed by atoms with Gasteiger partial charge in [-0.05, 0) is 24.3 Å². The summed E-state index contributed by atoms with van der Waals surface area (Å²) < 4.78 is 6.17. The molecule has 0 saturated heterocycles. The number of carbonyl (C=O) groups is 1. The van der Waals surface area contributed by atoms with Gasteiger partial charge in [0.15, 0.2) is 0 Å². The summed E-state index contributed by atoms with van der Waals surface area (Å²) in [5.74, 6) is 0.254. The molecule has 0 saturated carbocycles. The molecule has 0 aliphatic carbocycles. The van der Waals surface area contributed by atoms with Crippen molar-refractivity contribution < 1.29 is 9.53 Å². The highest BCUT2D eigenvalue weighted by atomic mass is 32.1. The second kappa shape index (κ2) is 5.33. The lowest BCUT2D eigenvalue weighted by molar-refractivity contribution is 0.102. The Morgan fingerprint density at radius 2 is 2.10 bits per heavy atom. The topological polar surface area (TPSA) is 85.6 Å². The number of nitrogens with one attached hydrogen (secondary N) is 1. The van der Waals surface area contributed by atoms with Crippen LogP contribution in [0, 0.1) is 0 Å². The number of hydrogen-bond acceptors (Lipinski definition) is 6. The SMILES string of the molecule is COc1ccc(C(=O)Nc2cnc3scnn3c2=O)cc1. The molecule has 1 amide bonds. The summed E-state index contributed by atoms with van der Waals surface area (Å²) in [4.78, 5) is 28.7. The van der Waals surface area contributed by atoms with E-state index < -0.39 is 11.5 Å². The molecule has 0 radical (unpaired) electrons. The van der Waals surface area contributed by atoms with Crippen LogP contribution in [0.3, 0.4) is 0 Å².